The van der Waals surface area contributed by atoms with E-state index in [0.717, 1.165) is 36.2 Å². The molecule has 1 aromatic carbocycles. The van der Waals surface area contributed by atoms with Crippen LogP contribution in [0.1, 0.15) is 43.1 Å². The fourth-order valence-electron chi connectivity index (χ4n) is 2.82. The van der Waals surface area contributed by atoms with Gasteiger partial charge in [-0.25, -0.2) is 4.98 Å². The van der Waals surface area contributed by atoms with Crippen LogP contribution in [0.3, 0.4) is 0 Å². The minimum Gasteiger partial charge on any atom is -0.356 e. The van der Waals surface area contributed by atoms with Gasteiger partial charge in [0.2, 0.25) is 0 Å². The molecule has 0 bridgehead atoms. The van der Waals surface area contributed by atoms with Crippen molar-refractivity contribution < 1.29 is 0 Å². The molecule has 6 heteroatoms. The summed E-state index contributed by atoms with van der Waals surface area (Å²) in [7, 11) is 1.80. The van der Waals surface area contributed by atoms with E-state index < -0.39 is 0 Å². The Morgan fingerprint density at radius 2 is 1.96 bits per heavy atom. The van der Waals surface area contributed by atoms with Gasteiger partial charge in [-0.05, 0) is 33.3 Å². The van der Waals surface area contributed by atoms with E-state index in [2.05, 4.69) is 76.3 Å². The van der Waals surface area contributed by atoms with Crippen molar-refractivity contribution in [3.05, 3.63) is 52.0 Å². The number of aromatic nitrogens is 1. The second-order valence-electron chi connectivity index (χ2n) is 7.12. The molecule has 0 saturated heterocycles. The van der Waals surface area contributed by atoms with Crippen molar-refractivity contribution in [2.75, 3.05) is 20.1 Å². The van der Waals surface area contributed by atoms with Gasteiger partial charge in [-0.1, -0.05) is 30.3 Å². The van der Waals surface area contributed by atoms with Crippen molar-refractivity contribution >= 4 is 17.3 Å². The lowest BCUT2D eigenvalue weighted by Crippen LogP contribution is -2.52. The molecule has 0 radical (unpaired) electrons. The first-order valence-corrected chi connectivity index (χ1v) is 9.96. The predicted octanol–water partition coefficient (Wildman–Crippen LogP) is 3.29. The molecule has 0 spiro atoms. The van der Waals surface area contributed by atoms with Gasteiger partial charge in [0.15, 0.2) is 5.96 Å². The van der Waals surface area contributed by atoms with Crippen molar-refractivity contribution in [1.29, 1.82) is 0 Å². The summed E-state index contributed by atoms with van der Waals surface area (Å²) < 4.78 is 0. The van der Waals surface area contributed by atoms with Crippen molar-refractivity contribution in [3.63, 3.8) is 0 Å². The van der Waals surface area contributed by atoms with Gasteiger partial charge in [-0.2, -0.15) is 0 Å². The lowest BCUT2D eigenvalue weighted by atomic mass is 10.0. The van der Waals surface area contributed by atoms with E-state index in [1.54, 1.807) is 18.4 Å². The first-order chi connectivity index (χ1) is 12.4. The molecule has 0 aliphatic heterocycles. The zero-order valence-electron chi connectivity index (χ0n) is 16.5. The fourth-order valence-corrected chi connectivity index (χ4v) is 3.47. The molecule has 3 N–H and O–H groups in total. The van der Waals surface area contributed by atoms with Crippen LogP contribution in [0.2, 0.25) is 0 Å². The maximum absolute atomic E-state index is 4.49. The first kappa shape index (κ1) is 20.4. The van der Waals surface area contributed by atoms with E-state index in [0.29, 0.717) is 0 Å². The summed E-state index contributed by atoms with van der Waals surface area (Å²) in [5.74, 6) is 0.819. The zero-order valence-corrected chi connectivity index (χ0v) is 17.3. The van der Waals surface area contributed by atoms with Crippen LogP contribution in [0.15, 0.2) is 40.7 Å². The van der Waals surface area contributed by atoms with Gasteiger partial charge in [0.25, 0.3) is 0 Å². The Balaban J connectivity index is 1.76. The van der Waals surface area contributed by atoms with E-state index in [1.807, 2.05) is 13.0 Å². The summed E-state index contributed by atoms with van der Waals surface area (Å²) in [4.78, 5) is 8.80. The van der Waals surface area contributed by atoms with Gasteiger partial charge >= 0.3 is 0 Å². The highest BCUT2D eigenvalue weighted by Gasteiger charge is 2.21. The molecule has 0 amide bonds. The van der Waals surface area contributed by atoms with E-state index in [1.165, 1.54) is 5.56 Å². The van der Waals surface area contributed by atoms with Crippen LogP contribution in [0.4, 0.5) is 0 Å². The lowest BCUT2D eigenvalue weighted by molar-refractivity contribution is 0.345. The maximum atomic E-state index is 4.49. The third-order valence-electron chi connectivity index (χ3n) is 4.17. The molecule has 0 aliphatic carbocycles. The van der Waals surface area contributed by atoms with Gasteiger partial charge in [0.05, 0.1) is 10.7 Å². The second-order valence-corrected chi connectivity index (χ2v) is 8.18. The van der Waals surface area contributed by atoms with Crippen LogP contribution in [-0.4, -0.2) is 36.6 Å². The molecule has 1 atom stereocenters. The Morgan fingerprint density at radius 3 is 2.58 bits per heavy atom. The highest BCUT2D eigenvalue weighted by Crippen LogP contribution is 2.15. The summed E-state index contributed by atoms with van der Waals surface area (Å²) in [6, 6.07) is 10.8. The molecule has 2 aromatic rings. The molecule has 0 fully saturated rings. The quantitative estimate of drug-likeness (QED) is 0.491. The Hall–Kier alpha value is -1.92. The van der Waals surface area contributed by atoms with Crippen LogP contribution in [-0.2, 0) is 6.42 Å². The zero-order chi connectivity index (χ0) is 19.0. The lowest BCUT2D eigenvalue weighted by Gasteiger charge is -2.31. The molecule has 26 heavy (non-hydrogen) atoms. The number of guanidine groups is 1. The first-order valence-electron chi connectivity index (χ1n) is 9.08. The smallest absolute Gasteiger partial charge is 0.191 e. The predicted molar refractivity (Wildman–Crippen MR) is 112 cm³/mol. The fraction of sp³-hybridized carbons (Fsp3) is 0.500. The van der Waals surface area contributed by atoms with Crippen LogP contribution < -0.4 is 16.0 Å². The second kappa shape index (κ2) is 9.69. The highest BCUT2D eigenvalue weighted by atomic mass is 32.1. The third kappa shape index (κ3) is 6.77. The van der Waals surface area contributed by atoms with Crippen molar-refractivity contribution in [2.45, 2.75) is 45.7 Å². The molecule has 2 rings (SSSR count). The number of rotatable bonds is 8. The molecular formula is C20H31N5S. The molecule has 142 valence electrons. The van der Waals surface area contributed by atoms with Crippen molar-refractivity contribution in [2.24, 2.45) is 4.99 Å². The minimum atomic E-state index is -0.0705. The summed E-state index contributed by atoms with van der Waals surface area (Å²) in [5.41, 5.74) is 2.36. The summed E-state index contributed by atoms with van der Waals surface area (Å²) in [6.07, 6.45) is 0.901. The maximum Gasteiger partial charge on any atom is 0.191 e. The average molecular weight is 374 g/mol. The van der Waals surface area contributed by atoms with E-state index in [4.69, 9.17) is 0 Å². The van der Waals surface area contributed by atoms with Crippen LogP contribution in [0, 0.1) is 6.92 Å². The number of hydrogen-bond acceptors (Lipinski definition) is 4. The number of aliphatic imine (C=N–C) groups is 1. The number of aryl methyl sites for hydroxylation is 1. The van der Waals surface area contributed by atoms with Crippen LogP contribution >= 0.6 is 11.3 Å². The Labute approximate surface area is 161 Å². The Bertz CT molecular complexity index is 693. The number of thiazole rings is 1. The molecule has 5 nitrogen and oxygen atoms in total. The van der Waals surface area contributed by atoms with Crippen molar-refractivity contribution in [1.82, 2.24) is 20.9 Å². The number of hydrogen-bond donors (Lipinski definition) is 3. The molecule has 0 saturated carbocycles. The van der Waals surface area contributed by atoms with Crippen LogP contribution in [0.5, 0.6) is 0 Å². The normalized spacial score (nSPS) is 13.5. The Morgan fingerprint density at radius 1 is 1.23 bits per heavy atom. The summed E-state index contributed by atoms with van der Waals surface area (Å²) in [5, 5.41) is 13.7. The van der Waals surface area contributed by atoms with Crippen molar-refractivity contribution in [3.8, 4) is 0 Å². The van der Waals surface area contributed by atoms with E-state index in [9.17, 15) is 0 Å². The van der Waals surface area contributed by atoms with Gasteiger partial charge < -0.3 is 16.0 Å². The molecule has 0 aliphatic rings. The number of benzene rings is 1. The minimum absolute atomic E-state index is 0.0705. The molecule has 1 heterocycles. The number of nitrogens with one attached hydrogen (secondary N) is 3. The molecular weight excluding hydrogens is 342 g/mol. The van der Waals surface area contributed by atoms with Gasteiger partial charge in [-0.15, -0.1) is 11.3 Å². The van der Waals surface area contributed by atoms with Gasteiger partial charge in [0.1, 0.15) is 0 Å². The van der Waals surface area contributed by atoms with Crippen LogP contribution in [0.25, 0.3) is 0 Å². The van der Waals surface area contributed by atoms with Gasteiger partial charge in [-0.3, -0.25) is 4.99 Å². The van der Waals surface area contributed by atoms with Gasteiger partial charge in [0, 0.05) is 43.5 Å². The highest BCUT2D eigenvalue weighted by molar-refractivity contribution is 7.09. The third-order valence-corrected chi connectivity index (χ3v) is 4.99. The Kier molecular flexibility index (Phi) is 7.60. The number of nitrogens with zero attached hydrogens (tertiary/aromatic N) is 2. The monoisotopic (exact) mass is 373 g/mol. The molecule has 1 aromatic heterocycles. The largest absolute Gasteiger partial charge is 0.356 e. The summed E-state index contributed by atoms with van der Waals surface area (Å²) >= 11 is 1.69. The van der Waals surface area contributed by atoms with E-state index >= 15 is 0 Å². The summed E-state index contributed by atoms with van der Waals surface area (Å²) in [6.45, 7) is 10.2. The SMILES string of the molecule is CN=C(NCCc1csc(C)n1)NCC(C)(C)NC(C)c1ccccc1. The topological polar surface area (TPSA) is 61.3 Å². The average Bonchev–Trinajstić information content (AvgIpc) is 3.03. The standard InChI is InChI=1S/C20H31N5S/c1-15(17-9-7-6-8-10-17)25-20(3,4)14-23-19(21-5)22-12-11-18-13-26-16(2)24-18/h6-10,13,15,25H,11-12,14H2,1-5H3,(H2,21,22,23). The van der Waals surface area contributed by atoms with E-state index in [-0.39, 0.29) is 11.6 Å². The molecule has 1 unspecified atom stereocenters.